The van der Waals surface area contributed by atoms with Gasteiger partial charge in [-0.1, -0.05) is 6.92 Å². The molecule has 0 aliphatic carbocycles. The van der Waals surface area contributed by atoms with Gasteiger partial charge in [0.25, 0.3) is 0 Å². The molecule has 0 aliphatic heterocycles. The molecular formula is C12H22N2O. The average Bonchev–Trinajstić information content (AvgIpc) is 2.66. The SMILES string of the molecule is CCn1cccc1CNCC(C)CCO. The summed E-state index contributed by atoms with van der Waals surface area (Å²) in [6, 6.07) is 4.23. The molecule has 2 N–H and O–H groups in total. The topological polar surface area (TPSA) is 37.2 Å². The van der Waals surface area contributed by atoms with Crippen molar-refractivity contribution in [2.45, 2.75) is 33.4 Å². The standard InChI is InChI=1S/C12H22N2O/c1-3-14-7-4-5-12(14)10-13-9-11(2)6-8-15/h4-5,7,11,13,15H,3,6,8-10H2,1-2H3. The number of hydrogen-bond acceptors (Lipinski definition) is 2. The minimum atomic E-state index is 0.286. The third kappa shape index (κ3) is 4.06. The van der Waals surface area contributed by atoms with Gasteiger partial charge in [0.05, 0.1) is 0 Å². The smallest absolute Gasteiger partial charge is 0.0434 e. The molecule has 0 amide bonds. The van der Waals surface area contributed by atoms with E-state index in [2.05, 4.69) is 42.1 Å². The molecule has 0 aromatic carbocycles. The summed E-state index contributed by atoms with van der Waals surface area (Å²) in [7, 11) is 0. The van der Waals surface area contributed by atoms with Crippen LogP contribution in [0, 0.1) is 5.92 Å². The fourth-order valence-electron chi connectivity index (χ4n) is 1.69. The molecule has 1 rings (SSSR count). The first-order valence-electron chi connectivity index (χ1n) is 5.73. The summed E-state index contributed by atoms with van der Waals surface area (Å²) in [4.78, 5) is 0. The highest BCUT2D eigenvalue weighted by Crippen LogP contribution is 2.03. The Balaban J connectivity index is 2.25. The first-order valence-corrected chi connectivity index (χ1v) is 5.73. The van der Waals surface area contributed by atoms with Crippen molar-refractivity contribution in [3.8, 4) is 0 Å². The van der Waals surface area contributed by atoms with Crippen LogP contribution in [0.1, 0.15) is 26.0 Å². The molecule has 86 valence electrons. The molecule has 0 fully saturated rings. The van der Waals surface area contributed by atoms with Gasteiger partial charge < -0.3 is 15.0 Å². The van der Waals surface area contributed by atoms with Crippen LogP contribution in [0.25, 0.3) is 0 Å². The number of aryl methyl sites for hydroxylation is 1. The largest absolute Gasteiger partial charge is 0.396 e. The minimum absolute atomic E-state index is 0.286. The van der Waals surface area contributed by atoms with Gasteiger partial charge in [0, 0.05) is 31.6 Å². The Bertz CT molecular complexity index is 270. The van der Waals surface area contributed by atoms with Gasteiger partial charge in [0.2, 0.25) is 0 Å². The van der Waals surface area contributed by atoms with Gasteiger partial charge in [0.15, 0.2) is 0 Å². The Morgan fingerprint density at radius 2 is 2.33 bits per heavy atom. The molecule has 0 saturated carbocycles. The fourth-order valence-corrected chi connectivity index (χ4v) is 1.69. The van der Waals surface area contributed by atoms with E-state index in [1.54, 1.807) is 0 Å². The summed E-state index contributed by atoms with van der Waals surface area (Å²) >= 11 is 0. The first kappa shape index (κ1) is 12.3. The molecule has 3 nitrogen and oxygen atoms in total. The van der Waals surface area contributed by atoms with Crippen molar-refractivity contribution in [1.82, 2.24) is 9.88 Å². The lowest BCUT2D eigenvalue weighted by molar-refractivity contribution is 0.260. The second-order valence-electron chi connectivity index (χ2n) is 4.03. The average molecular weight is 210 g/mol. The maximum atomic E-state index is 8.77. The number of aromatic nitrogens is 1. The van der Waals surface area contributed by atoms with Gasteiger partial charge in [-0.05, 0) is 37.9 Å². The van der Waals surface area contributed by atoms with E-state index in [4.69, 9.17) is 5.11 Å². The quantitative estimate of drug-likeness (QED) is 0.717. The molecule has 1 atom stereocenters. The second-order valence-corrected chi connectivity index (χ2v) is 4.03. The minimum Gasteiger partial charge on any atom is -0.396 e. The molecular weight excluding hydrogens is 188 g/mol. The zero-order valence-corrected chi connectivity index (χ0v) is 9.74. The normalized spacial score (nSPS) is 13.0. The lowest BCUT2D eigenvalue weighted by Gasteiger charge is -2.12. The number of aliphatic hydroxyl groups is 1. The highest BCUT2D eigenvalue weighted by atomic mass is 16.3. The van der Waals surface area contributed by atoms with E-state index in [-0.39, 0.29) is 6.61 Å². The molecule has 3 heteroatoms. The Hall–Kier alpha value is -0.800. The molecule has 1 heterocycles. The van der Waals surface area contributed by atoms with Crippen LogP contribution in [0.3, 0.4) is 0 Å². The number of nitrogens with one attached hydrogen (secondary N) is 1. The lowest BCUT2D eigenvalue weighted by Crippen LogP contribution is -2.22. The van der Waals surface area contributed by atoms with Crippen molar-refractivity contribution >= 4 is 0 Å². The number of aliphatic hydroxyl groups excluding tert-OH is 1. The van der Waals surface area contributed by atoms with E-state index < -0.39 is 0 Å². The van der Waals surface area contributed by atoms with Crippen molar-refractivity contribution in [2.24, 2.45) is 5.92 Å². The van der Waals surface area contributed by atoms with E-state index in [0.717, 1.165) is 26.1 Å². The summed E-state index contributed by atoms with van der Waals surface area (Å²) in [5.74, 6) is 0.542. The van der Waals surface area contributed by atoms with Crippen LogP contribution in [0.2, 0.25) is 0 Å². The van der Waals surface area contributed by atoms with Crippen molar-refractivity contribution in [3.05, 3.63) is 24.0 Å². The predicted octanol–water partition coefficient (Wildman–Crippen LogP) is 1.62. The lowest BCUT2D eigenvalue weighted by atomic mass is 10.1. The monoisotopic (exact) mass is 210 g/mol. The van der Waals surface area contributed by atoms with Crippen LogP contribution in [-0.4, -0.2) is 22.8 Å². The summed E-state index contributed by atoms with van der Waals surface area (Å²) in [6.07, 6.45) is 2.98. The Morgan fingerprint density at radius 1 is 1.53 bits per heavy atom. The molecule has 1 aromatic heterocycles. The Labute approximate surface area is 92.1 Å². The van der Waals surface area contributed by atoms with Gasteiger partial charge in [-0.2, -0.15) is 0 Å². The highest BCUT2D eigenvalue weighted by Gasteiger charge is 2.02. The second kappa shape index (κ2) is 6.64. The summed E-state index contributed by atoms with van der Waals surface area (Å²) < 4.78 is 2.24. The van der Waals surface area contributed by atoms with Gasteiger partial charge in [-0.25, -0.2) is 0 Å². The molecule has 0 saturated heterocycles. The van der Waals surface area contributed by atoms with E-state index >= 15 is 0 Å². The summed E-state index contributed by atoms with van der Waals surface area (Å²) in [5.41, 5.74) is 1.33. The van der Waals surface area contributed by atoms with E-state index in [1.165, 1.54) is 5.69 Å². The fraction of sp³-hybridized carbons (Fsp3) is 0.667. The van der Waals surface area contributed by atoms with Gasteiger partial charge in [0.1, 0.15) is 0 Å². The molecule has 1 aromatic rings. The van der Waals surface area contributed by atoms with Gasteiger partial charge >= 0.3 is 0 Å². The Morgan fingerprint density at radius 3 is 3.00 bits per heavy atom. The molecule has 0 bridgehead atoms. The summed E-state index contributed by atoms with van der Waals surface area (Å²) in [5, 5.41) is 12.2. The van der Waals surface area contributed by atoms with E-state index in [9.17, 15) is 0 Å². The molecule has 1 unspecified atom stereocenters. The van der Waals surface area contributed by atoms with Crippen molar-refractivity contribution in [1.29, 1.82) is 0 Å². The maximum Gasteiger partial charge on any atom is 0.0434 e. The van der Waals surface area contributed by atoms with Crippen molar-refractivity contribution < 1.29 is 5.11 Å². The van der Waals surface area contributed by atoms with E-state index in [1.807, 2.05) is 0 Å². The van der Waals surface area contributed by atoms with Gasteiger partial charge in [-0.3, -0.25) is 0 Å². The highest BCUT2D eigenvalue weighted by molar-refractivity contribution is 5.06. The van der Waals surface area contributed by atoms with Crippen LogP contribution in [0.4, 0.5) is 0 Å². The zero-order chi connectivity index (χ0) is 11.1. The third-order valence-corrected chi connectivity index (χ3v) is 2.69. The molecule has 0 aliphatic rings. The predicted molar refractivity (Wildman–Crippen MR) is 62.7 cm³/mol. The summed E-state index contributed by atoms with van der Waals surface area (Å²) in [6.45, 7) is 7.50. The zero-order valence-electron chi connectivity index (χ0n) is 9.74. The first-order chi connectivity index (χ1) is 7.27. The Kier molecular flexibility index (Phi) is 5.43. The van der Waals surface area contributed by atoms with Crippen molar-refractivity contribution in [2.75, 3.05) is 13.2 Å². The van der Waals surface area contributed by atoms with E-state index in [0.29, 0.717) is 5.92 Å². The maximum absolute atomic E-state index is 8.77. The molecule has 0 radical (unpaired) electrons. The molecule has 0 spiro atoms. The number of rotatable bonds is 7. The number of hydrogen-bond donors (Lipinski definition) is 2. The molecule has 15 heavy (non-hydrogen) atoms. The number of nitrogens with zero attached hydrogens (tertiary/aromatic N) is 1. The van der Waals surface area contributed by atoms with Crippen molar-refractivity contribution in [3.63, 3.8) is 0 Å². The van der Waals surface area contributed by atoms with Gasteiger partial charge in [-0.15, -0.1) is 0 Å². The van der Waals surface area contributed by atoms with Crippen LogP contribution in [0.5, 0.6) is 0 Å². The van der Waals surface area contributed by atoms with Crippen LogP contribution in [0.15, 0.2) is 18.3 Å². The van der Waals surface area contributed by atoms with Crippen LogP contribution in [-0.2, 0) is 13.1 Å². The van der Waals surface area contributed by atoms with Crippen LogP contribution >= 0.6 is 0 Å². The third-order valence-electron chi connectivity index (χ3n) is 2.69. The van der Waals surface area contributed by atoms with Crippen LogP contribution < -0.4 is 5.32 Å².